The van der Waals surface area contributed by atoms with Gasteiger partial charge in [0.25, 0.3) is 5.91 Å². The van der Waals surface area contributed by atoms with Crippen molar-refractivity contribution in [2.45, 2.75) is 32.6 Å². The molecule has 2 amide bonds. The number of nitrogens with one attached hydrogen (secondary N) is 2. The predicted molar refractivity (Wildman–Crippen MR) is 116 cm³/mol. The van der Waals surface area contributed by atoms with Crippen LogP contribution in [0.1, 0.15) is 38.6 Å². The molecule has 0 saturated heterocycles. The van der Waals surface area contributed by atoms with E-state index in [-0.39, 0.29) is 11.8 Å². The number of rotatable bonds is 6. The first-order chi connectivity index (χ1) is 14.1. The molecule has 0 saturated carbocycles. The predicted octanol–water partition coefficient (Wildman–Crippen LogP) is 4.37. The summed E-state index contributed by atoms with van der Waals surface area (Å²) in [6, 6.07) is 14.8. The highest BCUT2D eigenvalue weighted by Gasteiger charge is 2.15. The fourth-order valence-corrected chi connectivity index (χ4v) is 4.17. The zero-order valence-corrected chi connectivity index (χ0v) is 17.1. The Labute approximate surface area is 174 Å². The van der Waals surface area contributed by atoms with E-state index < -0.39 is 0 Å². The molecule has 0 unspecified atom stereocenters. The number of anilines is 1. The molecule has 0 aliphatic carbocycles. The molecule has 0 bridgehead atoms. The highest BCUT2D eigenvalue weighted by atomic mass is 32.1. The van der Waals surface area contributed by atoms with Crippen molar-refractivity contribution in [3.63, 3.8) is 0 Å². The Kier molecular flexibility index (Phi) is 5.71. The van der Waals surface area contributed by atoms with Crippen molar-refractivity contribution in [2.75, 3.05) is 11.9 Å². The standard InChI is InChI=1S/C23H23N3O2S/c1-15-25-14-21(29-15)23(28)24-12-2-3-16-4-6-17(7-5-16)18-8-10-20-19(13-18)9-11-22(27)26-20/h4-8,10,13-14H,2-3,9,11-12H2,1H3,(H,24,28)(H,26,27). The van der Waals surface area contributed by atoms with Crippen molar-refractivity contribution in [1.29, 1.82) is 0 Å². The van der Waals surface area contributed by atoms with Crippen LogP contribution in [-0.2, 0) is 17.6 Å². The fraction of sp³-hybridized carbons (Fsp3) is 0.261. The second-order valence-corrected chi connectivity index (χ2v) is 8.45. The first-order valence-electron chi connectivity index (χ1n) is 9.81. The number of benzene rings is 2. The van der Waals surface area contributed by atoms with Crippen LogP contribution in [0.4, 0.5) is 5.69 Å². The Morgan fingerprint density at radius 3 is 2.69 bits per heavy atom. The van der Waals surface area contributed by atoms with Gasteiger partial charge in [-0.25, -0.2) is 4.98 Å². The number of aryl methyl sites for hydroxylation is 3. The van der Waals surface area contributed by atoms with E-state index in [4.69, 9.17) is 0 Å². The fourth-order valence-electron chi connectivity index (χ4n) is 3.47. The number of aromatic nitrogens is 1. The van der Waals surface area contributed by atoms with Crippen molar-refractivity contribution in [3.05, 3.63) is 69.7 Å². The lowest BCUT2D eigenvalue weighted by Gasteiger charge is -2.17. The topological polar surface area (TPSA) is 71.1 Å². The number of carbonyl (C=O) groups is 2. The molecule has 0 atom stereocenters. The van der Waals surface area contributed by atoms with Gasteiger partial charge >= 0.3 is 0 Å². The molecule has 148 valence electrons. The SMILES string of the molecule is Cc1ncc(C(=O)NCCCc2ccc(-c3ccc4c(c3)CCC(=O)N4)cc2)s1. The van der Waals surface area contributed by atoms with Crippen LogP contribution in [0.3, 0.4) is 0 Å². The van der Waals surface area contributed by atoms with E-state index >= 15 is 0 Å². The van der Waals surface area contributed by atoms with Gasteiger partial charge in [-0.1, -0.05) is 30.3 Å². The van der Waals surface area contributed by atoms with Gasteiger partial charge in [0.2, 0.25) is 5.91 Å². The van der Waals surface area contributed by atoms with Gasteiger partial charge in [-0.05, 0) is 60.6 Å². The first-order valence-corrected chi connectivity index (χ1v) is 10.6. The zero-order valence-electron chi connectivity index (χ0n) is 16.3. The van der Waals surface area contributed by atoms with E-state index in [2.05, 4.69) is 52.0 Å². The van der Waals surface area contributed by atoms with Crippen LogP contribution in [0.5, 0.6) is 0 Å². The highest BCUT2D eigenvalue weighted by molar-refractivity contribution is 7.13. The van der Waals surface area contributed by atoms with Gasteiger partial charge in [-0.15, -0.1) is 11.3 Å². The summed E-state index contributed by atoms with van der Waals surface area (Å²) in [6.07, 6.45) is 4.77. The molecule has 1 aliphatic rings. The normalized spacial score (nSPS) is 12.9. The molecule has 2 N–H and O–H groups in total. The lowest BCUT2D eigenvalue weighted by atomic mass is 9.96. The summed E-state index contributed by atoms with van der Waals surface area (Å²) < 4.78 is 0. The summed E-state index contributed by atoms with van der Waals surface area (Å²) in [5.41, 5.74) is 5.71. The van der Waals surface area contributed by atoms with Crippen LogP contribution in [0.2, 0.25) is 0 Å². The maximum Gasteiger partial charge on any atom is 0.263 e. The largest absolute Gasteiger partial charge is 0.351 e. The molecular weight excluding hydrogens is 382 g/mol. The van der Waals surface area contributed by atoms with Crippen molar-refractivity contribution in [3.8, 4) is 11.1 Å². The van der Waals surface area contributed by atoms with Gasteiger partial charge in [0.05, 0.1) is 11.2 Å². The molecule has 1 aromatic heterocycles. The van der Waals surface area contributed by atoms with E-state index in [1.165, 1.54) is 33.6 Å². The summed E-state index contributed by atoms with van der Waals surface area (Å²) in [5, 5.41) is 6.78. The van der Waals surface area contributed by atoms with E-state index in [0.29, 0.717) is 17.8 Å². The number of amides is 2. The average Bonchev–Trinajstić information content (AvgIpc) is 3.17. The third-order valence-electron chi connectivity index (χ3n) is 5.06. The van der Waals surface area contributed by atoms with Crippen molar-refractivity contribution in [2.24, 2.45) is 0 Å². The third-order valence-corrected chi connectivity index (χ3v) is 5.97. The smallest absolute Gasteiger partial charge is 0.263 e. The summed E-state index contributed by atoms with van der Waals surface area (Å²) in [6.45, 7) is 2.54. The van der Waals surface area contributed by atoms with E-state index in [9.17, 15) is 9.59 Å². The van der Waals surface area contributed by atoms with Crippen molar-refractivity contribution >= 4 is 28.8 Å². The van der Waals surface area contributed by atoms with Gasteiger partial charge < -0.3 is 10.6 Å². The second-order valence-electron chi connectivity index (χ2n) is 7.22. The minimum Gasteiger partial charge on any atom is -0.351 e. The van der Waals surface area contributed by atoms with E-state index in [1.807, 2.05) is 13.0 Å². The zero-order chi connectivity index (χ0) is 20.2. The lowest BCUT2D eigenvalue weighted by Crippen LogP contribution is -2.23. The minimum atomic E-state index is -0.0467. The second kappa shape index (κ2) is 8.57. The van der Waals surface area contributed by atoms with Crippen LogP contribution in [0.15, 0.2) is 48.7 Å². The number of nitrogens with zero attached hydrogens (tertiary/aromatic N) is 1. The highest BCUT2D eigenvalue weighted by Crippen LogP contribution is 2.29. The first kappa shape index (κ1) is 19.3. The number of carbonyl (C=O) groups excluding carboxylic acids is 2. The maximum atomic E-state index is 12.0. The van der Waals surface area contributed by atoms with Crippen molar-refractivity contribution in [1.82, 2.24) is 10.3 Å². The summed E-state index contributed by atoms with van der Waals surface area (Å²) in [7, 11) is 0. The number of hydrogen-bond acceptors (Lipinski definition) is 4. The number of fused-ring (bicyclic) bond motifs is 1. The van der Waals surface area contributed by atoms with Crippen LogP contribution in [0, 0.1) is 6.92 Å². The Bertz CT molecular complexity index is 1040. The molecule has 4 rings (SSSR count). The molecule has 3 aromatic rings. The monoisotopic (exact) mass is 405 g/mol. The molecule has 29 heavy (non-hydrogen) atoms. The molecular formula is C23H23N3O2S. The summed E-state index contributed by atoms with van der Waals surface area (Å²) in [5.74, 6) is 0.0440. The Morgan fingerprint density at radius 2 is 1.93 bits per heavy atom. The van der Waals surface area contributed by atoms with E-state index in [0.717, 1.165) is 30.0 Å². The van der Waals surface area contributed by atoms with Gasteiger partial charge in [-0.3, -0.25) is 9.59 Å². The van der Waals surface area contributed by atoms with E-state index in [1.54, 1.807) is 6.20 Å². The van der Waals surface area contributed by atoms with Crippen LogP contribution in [0.25, 0.3) is 11.1 Å². The quantitative estimate of drug-likeness (QED) is 0.599. The Morgan fingerprint density at radius 1 is 1.14 bits per heavy atom. The van der Waals surface area contributed by atoms with Crippen LogP contribution in [-0.4, -0.2) is 23.3 Å². The molecule has 0 fully saturated rings. The van der Waals surface area contributed by atoms with Crippen LogP contribution < -0.4 is 10.6 Å². The number of thiazole rings is 1. The van der Waals surface area contributed by atoms with Gasteiger partial charge in [0.1, 0.15) is 4.88 Å². The molecule has 6 heteroatoms. The van der Waals surface area contributed by atoms with Crippen LogP contribution >= 0.6 is 11.3 Å². The molecule has 2 aromatic carbocycles. The Hall–Kier alpha value is -2.99. The van der Waals surface area contributed by atoms with Gasteiger partial charge in [-0.2, -0.15) is 0 Å². The van der Waals surface area contributed by atoms with Gasteiger partial charge in [0, 0.05) is 18.7 Å². The van der Waals surface area contributed by atoms with Crippen molar-refractivity contribution < 1.29 is 9.59 Å². The molecule has 0 spiro atoms. The number of hydrogen-bond donors (Lipinski definition) is 2. The van der Waals surface area contributed by atoms with Gasteiger partial charge in [0.15, 0.2) is 0 Å². The summed E-state index contributed by atoms with van der Waals surface area (Å²) in [4.78, 5) is 28.3. The third kappa shape index (κ3) is 4.71. The molecule has 5 nitrogen and oxygen atoms in total. The maximum absolute atomic E-state index is 12.0. The summed E-state index contributed by atoms with van der Waals surface area (Å²) >= 11 is 1.41. The molecule has 0 radical (unpaired) electrons. The Balaban J connectivity index is 1.30. The molecule has 2 heterocycles. The molecule has 1 aliphatic heterocycles. The average molecular weight is 406 g/mol. The lowest BCUT2D eigenvalue weighted by molar-refractivity contribution is -0.116. The minimum absolute atomic E-state index is 0.0467.